The largest absolute Gasteiger partial charge is 0.462 e. The van der Waals surface area contributed by atoms with E-state index < -0.39 is 57.6 Å². The van der Waals surface area contributed by atoms with E-state index in [0.717, 1.165) is 159 Å². The van der Waals surface area contributed by atoms with Gasteiger partial charge in [0.2, 0.25) is 29.5 Å². The topological polar surface area (TPSA) is 194 Å². The predicted molar refractivity (Wildman–Crippen MR) is 409 cm³/mol. The van der Waals surface area contributed by atoms with E-state index in [9.17, 15) is 39.9 Å². The number of hydrogen-bond donors (Lipinski definition) is 1. The molecule has 0 bridgehead atoms. The first-order chi connectivity index (χ1) is 49.1. The lowest BCUT2D eigenvalue weighted by Crippen LogP contribution is -2.23. The van der Waals surface area contributed by atoms with Gasteiger partial charge in [-0.1, -0.05) is 258 Å². The summed E-state index contributed by atoms with van der Waals surface area (Å²) in [7, 11) is -12.5. The fraction of sp³-hybridized carbons (Fsp3) is 0.470. The third kappa shape index (κ3) is 33.1. The van der Waals surface area contributed by atoms with Crippen molar-refractivity contribution in [2.75, 3.05) is 46.0 Å². The molecule has 0 saturated heterocycles. The molecule has 101 heavy (non-hydrogen) atoms. The Kier molecular flexibility index (Phi) is 41.8. The number of hydrogen-bond acceptors (Lipinski definition) is 15. The maximum absolute atomic E-state index is 14.2. The number of benzene rings is 5. The SMILES string of the molecule is CCCCCCCCOC(=O)/C(=C/C=C/N(CCCCCCN(/C=C/C=C(/C(O)OCCCCCCCC)S(=O)(=O)c1ccccc1)CCCCCCN(/C=C/C=C(\C(=O)OCCCCCCCC)S(=O)(=O)c1ccccc1)Cc1ccccc1)Cc1ccccc1)S(=O)(=O)c1ccccc1. The molecule has 0 spiro atoms. The number of allylic oxidation sites excluding steroid dienone is 6. The number of ether oxygens (including phenoxy) is 3. The Bertz CT molecular complexity index is 3440. The zero-order chi connectivity index (χ0) is 72.5. The van der Waals surface area contributed by atoms with Crippen LogP contribution in [0.5, 0.6) is 0 Å². The molecule has 1 unspecified atom stereocenters. The van der Waals surface area contributed by atoms with Gasteiger partial charge in [-0.05, 0) is 148 Å². The van der Waals surface area contributed by atoms with E-state index in [1.165, 1.54) is 54.6 Å². The molecule has 0 aliphatic heterocycles. The zero-order valence-electron chi connectivity index (χ0n) is 60.5. The lowest BCUT2D eigenvalue weighted by Gasteiger charge is -2.22. The molecule has 15 nitrogen and oxygen atoms in total. The van der Waals surface area contributed by atoms with Crippen LogP contribution in [0.4, 0.5) is 0 Å². The molecule has 5 rings (SSSR count). The van der Waals surface area contributed by atoms with Crippen LogP contribution in [0.15, 0.2) is 236 Å². The van der Waals surface area contributed by atoms with Crippen LogP contribution < -0.4 is 0 Å². The average molecular weight is 1440 g/mol. The van der Waals surface area contributed by atoms with Gasteiger partial charge >= 0.3 is 11.9 Å². The van der Waals surface area contributed by atoms with Gasteiger partial charge in [0.05, 0.1) is 34.5 Å². The summed E-state index contributed by atoms with van der Waals surface area (Å²) in [6.07, 6.45) is 37.7. The van der Waals surface area contributed by atoms with Crippen molar-refractivity contribution in [3.63, 3.8) is 0 Å². The number of rotatable bonds is 55. The van der Waals surface area contributed by atoms with Crippen LogP contribution in [0.3, 0.4) is 0 Å². The quantitative estimate of drug-likeness (QED) is 0.0127. The predicted octanol–water partition coefficient (Wildman–Crippen LogP) is 18.5. The Morgan fingerprint density at radius 1 is 0.356 bits per heavy atom. The van der Waals surface area contributed by atoms with Gasteiger partial charge in [-0.15, -0.1) is 0 Å². The van der Waals surface area contributed by atoms with Crippen LogP contribution in [0.1, 0.15) is 199 Å². The number of aliphatic hydroxyl groups is 1. The minimum Gasteiger partial charge on any atom is -0.462 e. The van der Waals surface area contributed by atoms with E-state index in [-0.39, 0.29) is 39.4 Å². The highest BCUT2D eigenvalue weighted by Crippen LogP contribution is 2.26. The Labute approximate surface area is 606 Å². The van der Waals surface area contributed by atoms with Gasteiger partial charge in [0.25, 0.3) is 0 Å². The summed E-state index contributed by atoms with van der Waals surface area (Å²) in [4.78, 5) is 32.6. The van der Waals surface area contributed by atoms with E-state index in [1.807, 2.05) is 79.3 Å². The maximum atomic E-state index is 14.2. The average Bonchev–Trinajstić information content (AvgIpc) is 0.825. The maximum Gasteiger partial charge on any atom is 0.350 e. The molecule has 5 aromatic carbocycles. The van der Waals surface area contributed by atoms with Crippen LogP contribution >= 0.6 is 0 Å². The van der Waals surface area contributed by atoms with Gasteiger partial charge < -0.3 is 34.0 Å². The number of carbonyl (C=O) groups excluding carboxylic acids is 2. The summed E-state index contributed by atoms with van der Waals surface area (Å²) in [5, 5.41) is 11.4. The summed E-state index contributed by atoms with van der Waals surface area (Å²) in [5.74, 6) is -1.76. The first-order valence-corrected chi connectivity index (χ1v) is 41.6. The lowest BCUT2D eigenvalue weighted by molar-refractivity contribution is -0.139. The van der Waals surface area contributed by atoms with Gasteiger partial charge in [0.15, 0.2) is 16.1 Å². The van der Waals surface area contributed by atoms with Crippen molar-refractivity contribution in [1.82, 2.24) is 14.7 Å². The van der Waals surface area contributed by atoms with Crippen molar-refractivity contribution < 1.29 is 54.2 Å². The van der Waals surface area contributed by atoms with Crippen molar-refractivity contribution in [3.05, 3.63) is 233 Å². The van der Waals surface area contributed by atoms with E-state index in [2.05, 4.69) is 35.5 Å². The Hall–Kier alpha value is -7.35. The second kappa shape index (κ2) is 50.1. The molecule has 5 aromatic rings. The zero-order valence-corrected chi connectivity index (χ0v) is 62.9. The van der Waals surface area contributed by atoms with Gasteiger partial charge in [-0.3, -0.25) is 0 Å². The molecular formula is C83H115N3O12S3. The highest BCUT2D eigenvalue weighted by molar-refractivity contribution is 7.96. The molecule has 18 heteroatoms. The molecule has 0 radical (unpaired) electrons. The number of carbonyl (C=O) groups is 2. The summed E-state index contributed by atoms with van der Waals surface area (Å²) in [5.41, 5.74) is 2.14. The van der Waals surface area contributed by atoms with Crippen LogP contribution in [-0.2, 0) is 66.4 Å². The summed E-state index contributed by atoms with van der Waals surface area (Å²) >= 11 is 0. The molecule has 0 aromatic heterocycles. The molecule has 0 heterocycles. The molecule has 1 N–H and O–H groups in total. The van der Waals surface area contributed by atoms with Crippen molar-refractivity contribution in [2.45, 2.75) is 222 Å². The third-order valence-corrected chi connectivity index (χ3v) is 22.7. The lowest BCUT2D eigenvalue weighted by atomic mass is 10.1. The molecule has 0 aliphatic rings. The Morgan fingerprint density at radius 2 is 0.644 bits per heavy atom. The first-order valence-electron chi connectivity index (χ1n) is 37.1. The van der Waals surface area contributed by atoms with Crippen molar-refractivity contribution in [1.29, 1.82) is 0 Å². The van der Waals surface area contributed by atoms with Gasteiger partial charge in [0, 0.05) is 39.3 Å². The minimum absolute atomic E-state index is 0.0107. The smallest absolute Gasteiger partial charge is 0.350 e. The second-order valence-corrected chi connectivity index (χ2v) is 31.5. The fourth-order valence-electron chi connectivity index (χ4n) is 11.5. The van der Waals surface area contributed by atoms with Crippen molar-refractivity contribution in [2.24, 2.45) is 0 Å². The van der Waals surface area contributed by atoms with Crippen LogP contribution in [0.2, 0.25) is 0 Å². The van der Waals surface area contributed by atoms with Crippen molar-refractivity contribution >= 4 is 41.5 Å². The standard InChI is InChI=1S/C83H115N3O12S3/c1-4-7-10-13-20-42-68-96-81(87)78(99(90,91)75-52-32-25-33-53-75)58-45-65-84(61-38-16-18-40-63-85(71-73-48-28-23-29-49-73)66-46-59-79(100(92,93)76-54-34-26-35-55-76)82(88)97-69-43-21-14-11-8-5-2)62-39-17-19-41-64-86(72-74-50-30-24-31-51-74)67-47-60-80(101(94,95)77-56-36-27-37-57-77)83(89)98-70-44-22-15-12-9-6-3/h23-37,45-60,65-67,81,87H,4-22,38-44,61-64,68-72H2,1-3H3/b65-45+,66-46+,67-47+,78-58-,79-59-,80-60+. The normalized spacial score (nSPS) is 12.9. The minimum atomic E-state index is -4.20. The molecule has 0 fully saturated rings. The van der Waals surface area contributed by atoms with Crippen LogP contribution in [-0.4, -0.2) is 109 Å². The van der Waals surface area contributed by atoms with E-state index in [4.69, 9.17) is 14.2 Å². The highest BCUT2D eigenvalue weighted by Gasteiger charge is 2.30. The number of esters is 2. The number of unbranched alkanes of at least 4 members (excludes halogenated alkanes) is 21. The van der Waals surface area contributed by atoms with Crippen LogP contribution in [0.25, 0.3) is 0 Å². The molecule has 0 amide bonds. The van der Waals surface area contributed by atoms with Crippen molar-refractivity contribution in [3.8, 4) is 0 Å². The first kappa shape index (κ1) is 84.3. The Morgan fingerprint density at radius 3 is 1.01 bits per heavy atom. The third-order valence-electron chi connectivity index (χ3n) is 17.3. The van der Waals surface area contributed by atoms with Crippen LogP contribution in [0, 0.1) is 0 Å². The molecule has 0 aliphatic carbocycles. The fourth-order valence-corrected chi connectivity index (χ4v) is 15.5. The van der Waals surface area contributed by atoms with E-state index in [1.54, 1.807) is 72.8 Å². The molecule has 1 atom stereocenters. The van der Waals surface area contributed by atoms with Gasteiger partial charge in [0.1, 0.15) is 4.91 Å². The summed E-state index contributed by atoms with van der Waals surface area (Å²) < 4.78 is 101. The Balaban J connectivity index is 1.32. The number of sulfone groups is 3. The molecule has 552 valence electrons. The van der Waals surface area contributed by atoms with E-state index in [0.29, 0.717) is 58.5 Å². The summed E-state index contributed by atoms with van der Waals surface area (Å²) in [6.45, 7) is 10.7. The van der Waals surface area contributed by atoms with Gasteiger partial charge in [-0.2, -0.15) is 0 Å². The van der Waals surface area contributed by atoms with E-state index >= 15 is 0 Å². The van der Waals surface area contributed by atoms with Gasteiger partial charge in [-0.25, -0.2) is 34.8 Å². The number of nitrogens with zero attached hydrogens (tertiary/aromatic N) is 3. The number of aliphatic hydroxyl groups excluding tert-OH is 1. The monoisotopic (exact) mass is 1440 g/mol. The second-order valence-electron chi connectivity index (χ2n) is 25.7. The molecular weight excluding hydrogens is 1330 g/mol. The highest BCUT2D eigenvalue weighted by atomic mass is 32.2. The molecule has 0 saturated carbocycles. The summed E-state index contributed by atoms with van der Waals surface area (Å²) in [6, 6.07) is 44.0.